The highest BCUT2D eigenvalue weighted by atomic mass is 16.5. The van der Waals surface area contributed by atoms with E-state index in [1.807, 2.05) is 91.0 Å². The lowest BCUT2D eigenvalue weighted by atomic mass is 9.88. The molecule has 0 unspecified atom stereocenters. The molecule has 0 saturated heterocycles. The minimum atomic E-state index is -0.573. The van der Waals surface area contributed by atoms with Gasteiger partial charge >= 0.3 is 5.97 Å². The standard InChI is InChI=1S/C32H22O3/c33-31(28-20-11-10-19-26(28)23-13-4-1-5-14-23)29-22-12-21-27(24-15-6-2-7-16-24)30(29)32(34)35-25-17-8-3-9-18-25/h1-22H. The number of rotatable bonds is 6. The summed E-state index contributed by atoms with van der Waals surface area (Å²) in [6, 6.07) is 41.0. The van der Waals surface area contributed by atoms with Crippen LogP contribution in [0.3, 0.4) is 0 Å². The van der Waals surface area contributed by atoms with Gasteiger partial charge in [-0.2, -0.15) is 0 Å². The molecule has 3 heteroatoms. The van der Waals surface area contributed by atoms with Crippen LogP contribution in [0.25, 0.3) is 22.3 Å². The van der Waals surface area contributed by atoms with Crippen molar-refractivity contribution in [3.05, 3.63) is 150 Å². The molecular formula is C32H22O3. The van der Waals surface area contributed by atoms with Crippen LogP contribution in [0.4, 0.5) is 0 Å². The second kappa shape index (κ2) is 10.0. The summed E-state index contributed by atoms with van der Waals surface area (Å²) in [6.07, 6.45) is 0. The molecular weight excluding hydrogens is 432 g/mol. The maximum atomic E-state index is 14.0. The molecule has 0 radical (unpaired) electrons. The van der Waals surface area contributed by atoms with Crippen molar-refractivity contribution in [2.75, 3.05) is 0 Å². The van der Waals surface area contributed by atoms with Crippen LogP contribution < -0.4 is 4.74 Å². The first-order valence-corrected chi connectivity index (χ1v) is 11.4. The van der Waals surface area contributed by atoms with Crippen molar-refractivity contribution in [2.24, 2.45) is 0 Å². The molecule has 0 N–H and O–H groups in total. The van der Waals surface area contributed by atoms with E-state index in [0.29, 0.717) is 22.4 Å². The van der Waals surface area contributed by atoms with Crippen LogP contribution in [0.15, 0.2) is 133 Å². The SMILES string of the molecule is O=C(c1ccccc1-c1ccccc1)c1cccc(-c2ccccc2)c1C(=O)Oc1ccccc1. The second-order valence-electron chi connectivity index (χ2n) is 8.04. The molecule has 3 nitrogen and oxygen atoms in total. The normalized spacial score (nSPS) is 10.5. The van der Waals surface area contributed by atoms with Crippen LogP contribution >= 0.6 is 0 Å². The summed E-state index contributed by atoms with van der Waals surface area (Å²) >= 11 is 0. The lowest BCUT2D eigenvalue weighted by Crippen LogP contribution is -2.17. The molecule has 0 aliphatic heterocycles. The zero-order valence-corrected chi connectivity index (χ0v) is 18.9. The van der Waals surface area contributed by atoms with Crippen LogP contribution in [0, 0.1) is 0 Å². The van der Waals surface area contributed by atoms with E-state index in [2.05, 4.69) is 0 Å². The Morgan fingerprint density at radius 1 is 0.457 bits per heavy atom. The van der Waals surface area contributed by atoms with Gasteiger partial charge < -0.3 is 4.74 Å². The highest BCUT2D eigenvalue weighted by molar-refractivity contribution is 6.19. The number of hydrogen-bond donors (Lipinski definition) is 0. The first kappa shape index (κ1) is 22.1. The van der Waals surface area contributed by atoms with E-state index in [1.54, 1.807) is 42.5 Å². The van der Waals surface area contributed by atoms with Crippen LogP contribution in [0.5, 0.6) is 5.75 Å². The Balaban J connectivity index is 1.66. The van der Waals surface area contributed by atoms with Crippen LogP contribution in [-0.4, -0.2) is 11.8 Å². The monoisotopic (exact) mass is 454 g/mol. The fourth-order valence-corrected chi connectivity index (χ4v) is 4.16. The topological polar surface area (TPSA) is 43.4 Å². The number of carbonyl (C=O) groups is 2. The number of esters is 1. The first-order chi connectivity index (χ1) is 17.2. The van der Waals surface area contributed by atoms with Gasteiger partial charge in [0.05, 0.1) is 5.56 Å². The molecule has 0 aliphatic carbocycles. The molecule has 0 spiro atoms. The van der Waals surface area contributed by atoms with Crippen LogP contribution in [0.2, 0.25) is 0 Å². The molecule has 5 rings (SSSR count). The zero-order valence-electron chi connectivity index (χ0n) is 18.9. The zero-order chi connectivity index (χ0) is 24.0. The van der Waals surface area contributed by atoms with Gasteiger partial charge in [0.25, 0.3) is 0 Å². The van der Waals surface area contributed by atoms with E-state index in [-0.39, 0.29) is 11.3 Å². The molecule has 5 aromatic rings. The number of benzene rings is 5. The predicted molar refractivity (Wildman–Crippen MR) is 139 cm³/mol. The summed E-state index contributed by atoms with van der Waals surface area (Å²) in [4.78, 5) is 27.5. The number of hydrogen-bond acceptors (Lipinski definition) is 3. The fourth-order valence-electron chi connectivity index (χ4n) is 4.16. The average Bonchev–Trinajstić information content (AvgIpc) is 2.93. The third kappa shape index (κ3) is 4.66. The fraction of sp³-hybridized carbons (Fsp3) is 0. The third-order valence-electron chi connectivity index (χ3n) is 5.81. The van der Waals surface area contributed by atoms with E-state index in [1.165, 1.54) is 0 Å². The van der Waals surface area contributed by atoms with Gasteiger partial charge in [0.2, 0.25) is 0 Å². The Hall–Kier alpha value is -4.76. The van der Waals surface area contributed by atoms with E-state index in [4.69, 9.17) is 4.74 Å². The minimum Gasteiger partial charge on any atom is -0.423 e. The summed E-state index contributed by atoms with van der Waals surface area (Å²) in [5.41, 5.74) is 4.30. The molecule has 0 atom stereocenters. The second-order valence-corrected chi connectivity index (χ2v) is 8.04. The van der Waals surface area contributed by atoms with Crippen molar-refractivity contribution in [2.45, 2.75) is 0 Å². The third-order valence-corrected chi connectivity index (χ3v) is 5.81. The Kier molecular flexibility index (Phi) is 6.31. The van der Waals surface area contributed by atoms with Gasteiger partial charge in [-0.15, -0.1) is 0 Å². The molecule has 0 heterocycles. The van der Waals surface area contributed by atoms with Crippen LogP contribution in [0.1, 0.15) is 26.3 Å². The largest absolute Gasteiger partial charge is 0.423 e. The van der Waals surface area contributed by atoms with Gasteiger partial charge in [0.15, 0.2) is 5.78 Å². The molecule has 168 valence electrons. The van der Waals surface area contributed by atoms with Crippen LogP contribution in [-0.2, 0) is 0 Å². The first-order valence-electron chi connectivity index (χ1n) is 11.4. The van der Waals surface area contributed by atoms with Crippen molar-refractivity contribution in [3.8, 4) is 28.0 Å². The Bertz CT molecular complexity index is 1470. The van der Waals surface area contributed by atoms with Crippen molar-refractivity contribution in [1.29, 1.82) is 0 Å². The molecule has 5 aromatic carbocycles. The van der Waals surface area contributed by atoms with Gasteiger partial charge in [0, 0.05) is 11.1 Å². The van der Waals surface area contributed by atoms with Gasteiger partial charge in [-0.3, -0.25) is 4.79 Å². The lowest BCUT2D eigenvalue weighted by Gasteiger charge is -2.15. The van der Waals surface area contributed by atoms with Gasteiger partial charge in [-0.1, -0.05) is 121 Å². The van der Waals surface area contributed by atoms with Crippen molar-refractivity contribution in [3.63, 3.8) is 0 Å². The van der Waals surface area contributed by atoms with E-state index >= 15 is 0 Å². The summed E-state index contributed by atoms with van der Waals surface area (Å²) in [7, 11) is 0. The molecule has 0 saturated carbocycles. The minimum absolute atomic E-state index is 0.234. The van der Waals surface area contributed by atoms with Crippen molar-refractivity contribution in [1.82, 2.24) is 0 Å². The van der Waals surface area contributed by atoms with Gasteiger partial charge in [-0.05, 0) is 34.4 Å². The molecule has 0 aromatic heterocycles. The number of ether oxygens (including phenoxy) is 1. The highest BCUT2D eigenvalue weighted by Gasteiger charge is 2.25. The lowest BCUT2D eigenvalue weighted by molar-refractivity contribution is 0.0731. The maximum Gasteiger partial charge on any atom is 0.344 e. The highest BCUT2D eigenvalue weighted by Crippen LogP contribution is 2.32. The summed E-state index contributed by atoms with van der Waals surface area (Å²) in [6.45, 7) is 0. The summed E-state index contributed by atoms with van der Waals surface area (Å²) in [5, 5.41) is 0. The van der Waals surface area contributed by atoms with Gasteiger partial charge in [-0.25, -0.2) is 4.79 Å². The quantitative estimate of drug-likeness (QED) is 0.152. The summed E-state index contributed by atoms with van der Waals surface area (Å²) < 4.78 is 5.71. The number of ketones is 1. The number of carbonyl (C=O) groups excluding carboxylic acids is 2. The van der Waals surface area contributed by atoms with Crippen molar-refractivity contribution >= 4 is 11.8 Å². The van der Waals surface area contributed by atoms with E-state index in [0.717, 1.165) is 16.7 Å². The maximum absolute atomic E-state index is 14.0. The van der Waals surface area contributed by atoms with Gasteiger partial charge in [0.1, 0.15) is 5.75 Å². The molecule has 0 amide bonds. The average molecular weight is 455 g/mol. The Labute approximate surface area is 204 Å². The predicted octanol–water partition coefficient (Wildman–Crippen LogP) is 7.47. The number of para-hydroxylation sites is 1. The smallest absolute Gasteiger partial charge is 0.344 e. The van der Waals surface area contributed by atoms with Crippen molar-refractivity contribution < 1.29 is 14.3 Å². The Morgan fingerprint density at radius 2 is 0.943 bits per heavy atom. The molecule has 0 aliphatic rings. The molecule has 0 fully saturated rings. The van der Waals surface area contributed by atoms with E-state index in [9.17, 15) is 9.59 Å². The Morgan fingerprint density at radius 3 is 1.60 bits per heavy atom. The molecule has 35 heavy (non-hydrogen) atoms. The summed E-state index contributed by atoms with van der Waals surface area (Å²) in [5.74, 6) is -0.387. The van der Waals surface area contributed by atoms with E-state index < -0.39 is 5.97 Å². The molecule has 0 bridgehead atoms.